The highest BCUT2D eigenvalue weighted by atomic mass is 16.6. The van der Waals surface area contributed by atoms with E-state index in [1.165, 1.54) is 11.1 Å². The molecule has 1 amide bonds. The van der Waals surface area contributed by atoms with Crippen molar-refractivity contribution in [3.8, 4) is 0 Å². The molecule has 6 heteroatoms. The van der Waals surface area contributed by atoms with Gasteiger partial charge >= 0.3 is 0 Å². The number of hydrogen-bond donors (Lipinski definition) is 2. The zero-order chi connectivity index (χ0) is 21.5. The molecule has 0 saturated carbocycles. The van der Waals surface area contributed by atoms with E-state index in [2.05, 4.69) is 52.7 Å². The lowest BCUT2D eigenvalue weighted by atomic mass is 9.84. The number of nitrogens with one attached hydrogen (secondary N) is 1. The lowest BCUT2D eigenvalue weighted by molar-refractivity contribution is -0.124. The van der Waals surface area contributed by atoms with E-state index in [0.29, 0.717) is 6.61 Å². The summed E-state index contributed by atoms with van der Waals surface area (Å²) in [7, 11) is 0. The van der Waals surface area contributed by atoms with E-state index in [0.717, 1.165) is 57.3 Å². The first-order chi connectivity index (χ1) is 15.2. The molecule has 0 spiro atoms. The predicted octanol–water partition coefficient (Wildman–Crippen LogP) is 3.14. The number of nitrogens with zero attached hydrogens (tertiary/aromatic N) is 1. The Hall–Kier alpha value is -2.57. The Balaban J connectivity index is 1.37. The average Bonchev–Trinajstić information content (AvgIpc) is 2.82. The molecule has 166 valence electrons. The van der Waals surface area contributed by atoms with Gasteiger partial charge in [0.05, 0.1) is 0 Å². The second kappa shape index (κ2) is 10.2. The number of benzene rings is 1. The minimum atomic E-state index is -0.479. The van der Waals surface area contributed by atoms with Crippen LogP contribution in [0.2, 0.25) is 0 Å². The molecule has 0 aromatic heterocycles. The molecule has 1 saturated heterocycles. The highest BCUT2D eigenvalue weighted by molar-refractivity contribution is 5.77. The molecule has 1 aromatic rings. The van der Waals surface area contributed by atoms with Crippen molar-refractivity contribution >= 4 is 5.91 Å². The largest absolute Gasteiger partial charge is 0.493 e. The van der Waals surface area contributed by atoms with Crippen molar-refractivity contribution in [3.05, 3.63) is 71.7 Å². The van der Waals surface area contributed by atoms with Crippen molar-refractivity contribution in [2.45, 2.75) is 50.3 Å². The molecular weight excluding hydrogens is 392 g/mol. The zero-order valence-corrected chi connectivity index (χ0v) is 18.0. The number of amides is 1. The van der Waals surface area contributed by atoms with Gasteiger partial charge in [-0.1, -0.05) is 48.1 Å². The van der Waals surface area contributed by atoms with Crippen molar-refractivity contribution in [1.82, 2.24) is 10.2 Å². The number of aliphatic hydroxyl groups excluding tert-OH is 1. The first kappa shape index (κ1) is 21.7. The summed E-state index contributed by atoms with van der Waals surface area (Å²) < 4.78 is 11.8. The van der Waals surface area contributed by atoms with Crippen LogP contribution in [0.4, 0.5) is 0 Å². The summed E-state index contributed by atoms with van der Waals surface area (Å²) in [6.45, 7) is 2.83. The maximum absolute atomic E-state index is 11.4. The van der Waals surface area contributed by atoms with Crippen LogP contribution in [0.3, 0.4) is 0 Å². The van der Waals surface area contributed by atoms with E-state index in [-0.39, 0.29) is 11.9 Å². The van der Waals surface area contributed by atoms with E-state index < -0.39 is 12.2 Å². The minimum Gasteiger partial charge on any atom is -0.493 e. The smallest absolute Gasteiger partial charge is 0.245 e. The number of aliphatic hydroxyl groups is 1. The van der Waals surface area contributed by atoms with Gasteiger partial charge in [-0.3, -0.25) is 9.69 Å². The van der Waals surface area contributed by atoms with Gasteiger partial charge in [0.25, 0.3) is 0 Å². The van der Waals surface area contributed by atoms with Gasteiger partial charge in [-0.15, -0.1) is 0 Å². The average molecular weight is 425 g/mol. The van der Waals surface area contributed by atoms with Crippen molar-refractivity contribution in [2.24, 2.45) is 0 Å². The van der Waals surface area contributed by atoms with Gasteiger partial charge in [0.2, 0.25) is 5.91 Å². The fraction of sp³-hybridized carbons (Fsp3) is 0.480. The molecule has 1 aliphatic carbocycles. The fourth-order valence-electron chi connectivity index (χ4n) is 4.61. The van der Waals surface area contributed by atoms with Crippen LogP contribution in [0.1, 0.15) is 43.2 Å². The Kier molecular flexibility index (Phi) is 7.10. The molecule has 0 radical (unpaired) electrons. The third-order valence-corrected chi connectivity index (χ3v) is 6.36. The summed E-state index contributed by atoms with van der Waals surface area (Å²) in [4.78, 5) is 13.8. The SMILES string of the molecule is O=C(CO)NC1CCN(Cc2ccc(C3(CC4=CC=CCC4)COC=CO3)cc2)CC1. The molecular formula is C25H32N2O4. The Labute approximate surface area is 184 Å². The van der Waals surface area contributed by atoms with Crippen molar-refractivity contribution in [2.75, 3.05) is 26.3 Å². The number of carbonyl (C=O) groups excluding carboxylic acids is 1. The normalized spacial score (nSPS) is 24.2. The number of piperidine rings is 1. The third-order valence-electron chi connectivity index (χ3n) is 6.36. The number of hydrogen-bond acceptors (Lipinski definition) is 5. The summed E-state index contributed by atoms with van der Waals surface area (Å²) in [5.41, 5.74) is 3.32. The quantitative estimate of drug-likeness (QED) is 0.704. The molecule has 3 aliphatic rings. The van der Waals surface area contributed by atoms with Crippen LogP contribution in [0.15, 0.2) is 60.6 Å². The van der Waals surface area contributed by atoms with E-state index in [1.807, 2.05) is 0 Å². The highest BCUT2D eigenvalue weighted by Crippen LogP contribution is 2.37. The molecule has 2 N–H and O–H groups in total. The minimum absolute atomic E-state index is 0.165. The zero-order valence-electron chi connectivity index (χ0n) is 18.0. The Morgan fingerprint density at radius 2 is 2.00 bits per heavy atom. The van der Waals surface area contributed by atoms with Crippen molar-refractivity contribution in [3.63, 3.8) is 0 Å². The van der Waals surface area contributed by atoms with Crippen LogP contribution in [-0.2, 0) is 26.4 Å². The van der Waals surface area contributed by atoms with Gasteiger partial charge in [0, 0.05) is 32.1 Å². The van der Waals surface area contributed by atoms with Crippen LogP contribution >= 0.6 is 0 Å². The van der Waals surface area contributed by atoms with Gasteiger partial charge < -0.3 is 19.9 Å². The van der Waals surface area contributed by atoms with Gasteiger partial charge in [0.15, 0.2) is 5.60 Å². The van der Waals surface area contributed by atoms with Crippen molar-refractivity contribution < 1.29 is 19.4 Å². The maximum Gasteiger partial charge on any atom is 0.245 e. The van der Waals surface area contributed by atoms with Crippen molar-refractivity contribution in [1.29, 1.82) is 0 Å². The Morgan fingerprint density at radius 3 is 2.65 bits per heavy atom. The van der Waals surface area contributed by atoms with Gasteiger partial charge in [0.1, 0.15) is 25.7 Å². The number of likely N-dealkylation sites (tertiary alicyclic amines) is 1. The van der Waals surface area contributed by atoms with Gasteiger partial charge in [-0.25, -0.2) is 0 Å². The number of ether oxygens (including phenoxy) is 2. The standard InChI is InChI=1S/C25H32N2O4/c28-18-24(29)26-23-10-12-27(13-11-23)17-21-6-8-22(9-7-21)25(19-30-14-15-31-25)16-20-4-2-1-3-5-20/h1-2,4,6-9,14-15,23,28H,3,5,10-13,16-19H2,(H,26,29). The number of rotatable bonds is 7. The van der Waals surface area contributed by atoms with Gasteiger partial charge in [-0.05, 0) is 36.8 Å². The first-order valence-electron chi connectivity index (χ1n) is 11.2. The third kappa shape index (κ3) is 5.57. The fourth-order valence-corrected chi connectivity index (χ4v) is 4.61. The summed E-state index contributed by atoms with van der Waals surface area (Å²) >= 11 is 0. The summed E-state index contributed by atoms with van der Waals surface area (Å²) in [5, 5.41) is 11.8. The highest BCUT2D eigenvalue weighted by Gasteiger charge is 2.37. The molecule has 2 heterocycles. The molecule has 31 heavy (non-hydrogen) atoms. The summed E-state index contributed by atoms with van der Waals surface area (Å²) in [6, 6.07) is 8.89. The van der Waals surface area contributed by atoms with Crippen LogP contribution in [0.25, 0.3) is 0 Å². The van der Waals surface area contributed by atoms with E-state index in [4.69, 9.17) is 14.6 Å². The Bertz CT molecular complexity index is 838. The maximum atomic E-state index is 11.4. The Morgan fingerprint density at radius 1 is 1.19 bits per heavy atom. The molecule has 2 aliphatic heterocycles. The molecule has 1 fully saturated rings. The molecule has 1 aromatic carbocycles. The lowest BCUT2D eigenvalue weighted by Crippen LogP contribution is -2.45. The van der Waals surface area contributed by atoms with Crippen LogP contribution < -0.4 is 5.32 Å². The van der Waals surface area contributed by atoms with E-state index >= 15 is 0 Å². The van der Waals surface area contributed by atoms with E-state index in [1.54, 1.807) is 12.5 Å². The molecule has 1 atom stereocenters. The van der Waals surface area contributed by atoms with Crippen LogP contribution in [-0.4, -0.2) is 48.3 Å². The number of allylic oxidation sites excluding steroid dienone is 3. The van der Waals surface area contributed by atoms with Crippen LogP contribution in [0, 0.1) is 0 Å². The first-order valence-corrected chi connectivity index (χ1v) is 11.2. The molecule has 6 nitrogen and oxygen atoms in total. The monoisotopic (exact) mass is 424 g/mol. The molecule has 4 rings (SSSR count). The topological polar surface area (TPSA) is 71.0 Å². The molecule has 0 bridgehead atoms. The number of carbonyl (C=O) groups is 1. The predicted molar refractivity (Wildman–Crippen MR) is 119 cm³/mol. The molecule has 1 unspecified atom stereocenters. The van der Waals surface area contributed by atoms with E-state index in [9.17, 15) is 4.79 Å². The van der Waals surface area contributed by atoms with Gasteiger partial charge in [-0.2, -0.15) is 0 Å². The second-order valence-electron chi connectivity index (χ2n) is 8.64. The summed E-state index contributed by atoms with van der Waals surface area (Å²) in [5.74, 6) is -0.285. The lowest BCUT2D eigenvalue weighted by Gasteiger charge is -2.36. The van der Waals surface area contributed by atoms with Crippen LogP contribution in [0.5, 0.6) is 0 Å². The summed E-state index contributed by atoms with van der Waals surface area (Å²) in [6.07, 6.45) is 14.6. The second-order valence-corrected chi connectivity index (χ2v) is 8.64.